The maximum absolute atomic E-state index is 6.67. The van der Waals surface area contributed by atoms with Gasteiger partial charge in [0.05, 0.1) is 29.3 Å². The molecule has 0 saturated carbocycles. The third kappa shape index (κ3) is 4.49. The molecule has 0 spiro atoms. The Labute approximate surface area is 279 Å². The molecule has 0 atom stereocenters. The molecular weight excluding hydrogens is 585 g/mol. The number of nitrogen functional groups attached to an aromatic ring is 1. The first-order chi connectivity index (χ1) is 23.7. The number of benzene rings is 8. The van der Waals surface area contributed by atoms with Gasteiger partial charge in [-0.1, -0.05) is 109 Å². The minimum atomic E-state index is 0.749. The van der Waals surface area contributed by atoms with Gasteiger partial charge in [0, 0.05) is 34.3 Å². The standard InChI is InChI=1S/C44H34N4/c1-2-46-42-37-19-17-31(25-39(37)33-13-3-5-15-35(33)41(42)45)29-11-7-9-27(23-29)28-10-8-12-30(24-28)32-18-20-38-40(26-32)34-14-4-6-16-36(34)43-44(38)48-22-21-47-43/h3-20,22-26,46-47H,2,21,45H2,1H3. The Bertz CT molecular complexity index is 2600. The summed E-state index contributed by atoms with van der Waals surface area (Å²) in [6.07, 6.45) is 1.96. The lowest BCUT2D eigenvalue weighted by Crippen LogP contribution is -2.07. The van der Waals surface area contributed by atoms with Gasteiger partial charge in [-0.25, -0.2) is 0 Å². The van der Waals surface area contributed by atoms with Crippen molar-refractivity contribution >= 4 is 72.1 Å². The number of nitrogens with one attached hydrogen (secondary N) is 2. The molecule has 0 unspecified atom stereocenters. The largest absolute Gasteiger partial charge is 0.397 e. The zero-order valence-corrected chi connectivity index (χ0v) is 26.7. The molecule has 1 aliphatic rings. The predicted molar refractivity (Wildman–Crippen MR) is 208 cm³/mol. The highest BCUT2D eigenvalue weighted by Gasteiger charge is 2.17. The summed E-state index contributed by atoms with van der Waals surface area (Å²) < 4.78 is 0. The maximum Gasteiger partial charge on any atom is 0.0942 e. The first-order valence-corrected chi connectivity index (χ1v) is 16.6. The van der Waals surface area contributed by atoms with Crippen molar-refractivity contribution in [2.45, 2.75) is 6.92 Å². The number of rotatable bonds is 5. The Balaban J connectivity index is 1.13. The number of nitrogens with zero attached hydrogens (tertiary/aromatic N) is 1. The van der Waals surface area contributed by atoms with Gasteiger partial charge < -0.3 is 16.4 Å². The highest BCUT2D eigenvalue weighted by Crippen LogP contribution is 2.44. The highest BCUT2D eigenvalue weighted by atomic mass is 15.0. The van der Waals surface area contributed by atoms with Gasteiger partial charge in [-0.15, -0.1) is 0 Å². The summed E-state index contributed by atoms with van der Waals surface area (Å²) in [4.78, 5) is 4.81. The summed E-state index contributed by atoms with van der Waals surface area (Å²) in [5.41, 5.74) is 17.7. The van der Waals surface area contributed by atoms with E-state index in [0.717, 1.165) is 46.6 Å². The number of fused-ring (bicyclic) bond motifs is 9. The predicted octanol–water partition coefficient (Wildman–Crippen LogP) is 11.4. The second-order valence-corrected chi connectivity index (χ2v) is 12.5. The molecule has 0 bridgehead atoms. The lowest BCUT2D eigenvalue weighted by Gasteiger charge is -2.19. The number of nitrogens with two attached hydrogens (primary N) is 1. The van der Waals surface area contributed by atoms with E-state index < -0.39 is 0 Å². The second-order valence-electron chi connectivity index (χ2n) is 12.5. The van der Waals surface area contributed by atoms with Crippen LogP contribution in [0.1, 0.15) is 6.92 Å². The number of hydrogen-bond acceptors (Lipinski definition) is 4. The van der Waals surface area contributed by atoms with Gasteiger partial charge >= 0.3 is 0 Å². The maximum atomic E-state index is 6.67. The van der Waals surface area contributed by atoms with Crippen LogP contribution in [-0.2, 0) is 0 Å². The van der Waals surface area contributed by atoms with Crippen LogP contribution in [0.5, 0.6) is 0 Å². The normalized spacial score (nSPS) is 12.4. The van der Waals surface area contributed by atoms with Crippen LogP contribution < -0.4 is 16.4 Å². The van der Waals surface area contributed by atoms with Crippen LogP contribution in [-0.4, -0.2) is 19.3 Å². The lowest BCUT2D eigenvalue weighted by molar-refractivity contribution is 1.22. The Morgan fingerprint density at radius 2 is 1.06 bits per heavy atom. The summed E-state index contributed by atoms with van der Waals surface area (Å²) in [6, 6.07) is 48.3. The first-order valence-electron chi connectivity index (χ1n) is 16.6. The average Bonchev–Trinajstić information content (AvgIpc) is 3.16. The van der Waals surface area contributed by atoms with Crippen molar-refractivity contribution in [3.63, 3.8) is 0 Å². The fraction of sp³-hybridized carbons (Fsp3) is 0.0682. The van der Waals surface area contributed by atoms with E-state index in [1.807, 2.05) is 6.21 Å². The Kier molecular flexibility index (Phi) is 6.61. The molecule has 4 nitrogen and oxygen atoms in total. The van der Waals surface area contributed by atoms with Crippen LogP contribution in [0.4, 0.5) is 22.7 Å². The van der Waals surface area contributed by atoms with Crippen LogP contribution in [0.2, 0.25) is 0 Å². The van der Waals surface area contributed by atoms with Crippen molar-refractivity contribution in [1.82, 2.24) is 0 Å². The van der Waals surface area contributed by atoms with Gasteiger partial charge in [0.2, 0.25) is 0 Å². The number of anilines is 3. The van der Waals surface area contributed by atoms with Crippen molar-refractivity contribution in [3.8, 4) is 33.4 Å². The third-order valence-electron chi connectivity index (χ3n) is 9.73. The van der Waals surface area contributed by atoms with Gasteiger partial charge in [-0.2, -0.15) is 0 Å². The lowest BCUT2D eigenvalue weighted by atomic mass is 9.92. The van der Waals surface area contributed by atoms with E-state index in [1.54, 1.807) is 0 Å². The van der Waals surface area contributed by atoms with Crippen LogP contribution in [0.3, 0.4) is 0 Å². The SMILES string of the molecule is CCNc1c(N)c2ccccc2c2cc(-c3cccc(-c4cccc(-c5ccc6c7c(c8ccccc8c6c5)NCC=N7)c4)c3)ccc12. The summed E-state index contributed by atoms with van der Waals surface area (Å²) in [5.74, 6) is 0. The Morgan fingerprint density at radius 3 is 1.69 bits per heavy atom. The van der Waals surface area contributed by atoms with E-state index in [2.05, 4.69) is 151 Å². The molecule has 0 fully saturated rings. The number of hydrogen-bond donors (Lipinski definition) is 3. The van der Waals surface area contributed by atoms with Gasteiger partial charge in [0.25, 0.3) is 0 Å². The van der Waals surface area contributed by atoms with Crippen molar-refractivity contribution in [1.29, 1.82) is 0 Å². The molecule has 0 radical (unpaired) electrons. The average molecular weight is 619 g/mol. The summed E-state index contributed by atoms with van der Waals surface area (Å²) in [7, 11) is 0. The fourth-order valence-electron chi connectivity index (χ4n) is 7.47. The summed E-state index contributed by atoms with van der Waals surface area (Å²) in [6.45, 7) is 3.67. The van der Waals surface area contributed by atoms with Crippen LogP contribution in [0.25, 0.3) is 76.5 Å². The monoisotopic (exact) mass is 618 g/mol. The molecule has 0 saturated heterocycles. The number of aliphatic imine (C=N–C) groups is 1. The van der Waals surface area contributed by atoms with Crippen molar-refractivity contribution < 1.29 is 0 Å². The van der Waals surface area contributed by atoms with Gasteiger partial charge in [-0.3, -0.25) is 4.99 Å². The molecule has 4 N–H and O–H groups in total. The quantitative estimate of drug-likeness (QED) is 0.102. The van der Waals surface area contributed by atoms with E-state index in [-0.39, 0.29) is 0 Å². The van der Waals surface area contributed by atoms with Crippen LogP contribution in [0, 0.1) is 0 Å². The van der Waals surface area contributed by atoms with Crippen molar-refractivity contribution in [3.05, 3.63) is 133 Å². The third-order valence-corrected chi connectivity index (χ3v) is 9.73. The zero-order valence-electron chi connectivity index (χ0n) is 26.7. The molecule has 8 aromatic rings. The molecule has 48 heavy (non-hydrogen) atoms. The van der Waals surface area contributed by atoms with E-state index in [1.165, 1.54) is 65.7 Å². The molecular formula is C44H34N4. The molecule has 4 heteroatoms. The van der Waals surface area contributed by atoms with E-state index in [9.17, 15) is 0 Å². The van der Waals surface area contributed by atoms with Gasteiger partial charge in [0.1, 0.15) is 0 Å². The van der Waals surface area contributed by atoms with Crippen LogP contribution in [0.15, 0.2) is 138 Å². The summed E-state index contributed by atoms with van der Waals surface area (Å²) in [5, 5.41) is 16.5. The first kappa shape index (κ1) is 28.1. The molecule has 230 valence electrons. The molecule has 1 heterocycles. The van der Waals surface area contributed by atoms with Gasteiger partial charge in [0.15, 0.2) is 0 Å². The minimum absolute atomic E-state index is 0.749. The molecule has 0 aliphatic carbocycles. The Morgan fingerprint density at radius 1 is 0.542 bits per heavy atom. The van der Waals surface area contributed by atoms with Crippen molar-refractivity contribution in [2.75, 3.05) is 29.5 Å². The molecule has 9 rings (SSSR count). The van der Waals surface area contributed by atoms with E-state index in [4.69, 9.17) is 10.7 Å². The second kappa shape index (κ2) is 11.3. The Hall–Kier alpha value is -6.13. The van der Waals surface area contributed by atoms with Gasteiger partial charge in [-0.05, 0) is 86.1 Å². The van der Waals surface area contributed by atoms with Crippen molar-refractivity contribution in [2.24, 2.45) is 4.99 Å². The summed E-state index contributed by atoms with van der Waals surface area (Å²) >= 11 is 0. The van der Waals surface area contributed by atoms with Crippen LogP contribution >= 0.6 is 0 Å². The molecule has 0 amide bonds. The van der Waals surface area contributed by atoms with E-state index in [0.29, 0.717) is 0 Å². The smallest absolute Gasteiger partial charge is 0.0942 e. The fourth-order valence-corrected chi connectivity index (χ4v) is 7.47. The minimum Gasteiger partial charge on any atom is -0.397 e. The topological polar surface area (TPSA) is 62.4 Å². The highest BCUT2D eigenvalue weighted by molar-refractivity contribution is 6.22. The van der Waals surface area contributed by atoms with E-state index >= 15 is 0 Å². The molecule has 0 aromatic heterocycles. The molecule has 8 aromatic carbocycles. The zero-order chi connectivity index (χ0) is 32.2. The molecule has 1 aliphatic heterocycles.